The summed E-state index contributed by atoms with van der Waals surface area (Å²) in [6.07, 6.45) is -4.39. The van der Waals surface area contributed by atoms with Gasteiger partial charge in [-0.25, -0.2) is 22.0 Å². The number of benzene rings is 2. The van der Waals surface area contributed by atoms with Gasteiger partial charge in [0.15, 0.2) is 17.5 Å². The van der Waals surface area contributed by atoms with Gasteiger partial charge in [-0.15, -0.1) is 0 Å². The summed E-state index contributed by atoms with van der Waals surface area (Å²) in [7, 11) is -5.42. The molecule has 1 N–H and O–H groups in total. The fraction of sp³-hybridized carbons (Fsp3) is 0.143. The molecule has 0 aliphatic carbocycles. The molecule has 0 amide bonds. The van der Waals surface area contributed by atoms with E-state index < -0.39 is 56.4 Å². The third-order valence-electron chi connectivity index (χ3n) is 3.11. The van der Waals surface area contributed by atoms with Crippen LogP contribution in [-0.2, 0) is 16.5 Å². The number of halogens is 5. The molecule has 0 unspecified atom stereocenters. The van der Waals surface area contributed by atoms with Crippen molar-refractivity contribution < 1.29 is 34.9 Å². The van der Waals surface area contributed by atoms with Crippen LogP contribution < -0.4 is 0 Å². The summed E-state index contributed by atoms with van der Waals surface area (Å²) in [6.45, 7) is 0. The summed E-state index contributed by atoms with van der Waals surface area (Å²) in [5.41, 5.74) is -2.70. The van der Waals surface area contributed by atoms with Gasteiger partial charge in [0, 0.05) is 12.0 Å². The van der Waals surface area contributed by atoms with Crippen LogP contribution in [0.4, 0.5) is 22.0 Å². The second-order valence-corrected chi connectivity index (χ2v) is 5.96. The maximum Gasteiger partial charge on any atom is 0.295 e. The highest BCUT2D eigenvalue weighted by molar-refractivity contribution is 7.86. The highest BCUT2D eigenvalue weighted by Gasteiger charge is 2.35. The van der Waals surface area contributed by atoms with E-state index in [1.165, 1.54) is 24.3 Å². The average molecular weight is 352 g/mol. The van der Waals surface area contributed by atoms with E-state index in [1.54, 1.807) is 6.07 Å². The Morgan fingerprint density at radius 3 is 2.00 bits per heavy atom. The van der Waals surface area contributed by atoms with Crippen molar-refractivity contribution in [2.24, 2.45) is 0 Å². The molecule has 0 saturated heterocycles. The maximum absolute atomic E-state index is 13.9. The molecular formula is C14H9F5O3S. The molecule has 0 saturated carbocycles. The first kappa shape index (κ1) is 17.4. The van der Waals surface area contributed by atoms with Crippen LogP contribution in [0.1, 0.15) is 23.1 Å². The largest absolute Gasteiger partial charge is 0.295 e. The van der Waals surface area contributed by atoms with Crippen molar-refractivity contribution in [2.75, 3.05) is 0 Å². The van der Waals surface area contributed by atoms with E-state index in [2.05, 4.69) is 0 Å². The van der Waals surface area contributed by atoms with E-state index in [0.29, 0.717) is 0 Å². The predicted molar refractivity (Wildman–Crippen MR) is 70.3 cm³/mol. The van der Waals surface area contributed by atoms with Gasteiger partial charge in [0.25, 0.3) is 16.5 Å². The van der Waals surface area contributed by atoms with Crippen molar-refractivity contribution in [1.29, 1.82) is 0 Å². The minimum Gasteiger partial charge on any atom is -0.282 e. The molecule has 0 spiro atoms. The standard InChI is InChI=1S/C14H9F5O3S/c15-10-8(6-7-4-2-1-3-5-7)13(23(20,21)22)9(14(18)19)11(16)12(10)17/h1-5,14H,6H2,(H,20,21,22). The van der Waals surface area contributed by atoms with E-state index in [0.717, 1.165) is 0 Å². The van der Waals surface area contributed by atoms with Crippen LogP contribution in [0.3, 0.4) is 0 Å². The highest BCUT2D eigenvalue weighted by atomic mass is 32.2. The van der Waals surface area contributed by atoms with Crippen molar-refractivity contribution in [2.45, 2.75) is 17.7 Å². The van der Waals surface area contributed by atoms with E-state index in [1.807, 2.05) is 0 Å². The van der Waals surface area contributed by atoms with Crippen molar-refractivity contribution in [3.05, 3.63) is 64.5 Å². The summed E-state index contributed by atoms with van der Waals surface area (Å²) < 4.78 is 98.7. The first-order chi connectivity index (χ1) is 10.6. The molecule has 0 aliphatic rings. The van der Waals surface area contributed by atoms with Crippen molar-refractivity contribution >= 4 is 10.1 Å². The number of hydrogen-bond donors (Lipinski definition) is 1. The van der Waals surface area contributed by atoms with Gasteiger partial charge in [-0.05, 0) is 5.56 Å². The molecule has 0 aliphatic heterocycles. The van der Waals surface area contributed by atoms with Crippen LogP contribution >= 0.6 is 0 Å². The van der Waals surface area contributed by atoms with Crippen LogP contribution in [0, 0.1) is 17.5 Å². The molecule has 0 fully saturated rings. The monoisotopic (exact) mass is 352 g/mol. The summed E-state index contributed by atoms with van der Waals surface area (Å²) >= 11 is 0. The Bertz CT molecular complexity index is 835. The zero-order valence-corrected chi connectivity index (χ0v) is 12.0. The molecule has 124 valence electrons. The summed E-state index contributed by atoms with van der Waals surface area (Å²) in [6, 6.07) is 7.37. The van der Waals surface area contributed by atoms with Crippen LogP contribution in [0.2, 0.25) is 0 Å². The van der Waals surface area contributed by atoms with Crippen LogP contribution in [0.5, 0.6) is 0 Å². The van der Waals surface area contributed by atoms with E-state index in [9.17, 15) is 30.4 Å². The van der Waals surface area contributed by atoms with Gasteiger partial charge in [-0.3, -0.25) is 4.55 Å². The number of rotatable bonds is 4. The van der Waals surface area contributed by atoms with Crippen LogP contribution in [-0.4, -0.2) is 13.0 Å². The topological polar surface area (TPSA) is 54.4 Å². The Hall–Kier alpha value is -2.00. The lowest BCUT2D eigenvalue weighted by Crippen LogP contribution is -2.15. The zero-order valence-electron chi connectivity index (χ0n) is 11.2. The maximum atomic E-state index is 13.9. The lowest BCUT2D eigenvalue weighted by molar-refractivity contribution is 0.140. The Morgan fingerprint density at radius 1 is 0.957 bits per heavy atom. The van der Waals surface area contributed by atoms with Gasteiger partial charge >= 0.3 is 0 Å². The fourth-order valence-corrected chi connectivity index (χ4v) is 3.09. The molecule has 0 aromatic heterocycles. The Labute approximate surface area is 128 Å². The molecule has 9 heteroatoms. The normalized spacial score (nSPS) is 12.0. The van der Waals surface area contributed by atoms with Crippen molar-refractivity contribution in [1.82, 2.24) is 0 Å². The smallest absolute Gasteiger partial charge is 0.282 e. The molecule has 0 radical (unpaired) electrons. The average Bonchev–Trinajstić information content (AvgIpc) is 2.47. The Kier molecular flexibility index (Phi) is 4.71. The molecule has 2 aromatic rings. The van der Waals surface area contributed by atoms with Crippen molar-refractivity contribution in [3.8, 4) is 0 Å². The number of hydrogen-bond acceptors (Lipinski definition) is 2. The molecule has 23 heavy (non-hydrogen) atoms. The van der Waals surface area contributed by atoms with Gasteiger partial charge in [0.1, 0.15) is 4.90 Å². The highest BCUT2D eigenvalue weighted by Crippen LogP contribution is 2.36. The second kappa shape index (κ2) is 6.25. The number of alkyl halides is 2. The van der Waals surface area contributed by atoms with Gasteiger partial charge in [0.05, 0.1) is 5.56 Å². The minimum atomic E-state index is -5.42. The van der Waals surface area contributed by atoms with Gasteiger partial charge in [-0.2, -0.15) is 8.42 Å². The van der Waals surface area contributed by atoms with Gasteiger partial charge in [0.2, 0.25) is 0 Å². The Balaban J connectivity index is 2.84. The Morgan fingerprint density at radius 2 is 1.52 bits per heavy atom. The van der Waals surface area contributed by atoms with Crippen LogP contribution in [0.15, 0.2) is 35.2 Å². The molecule has 0 bridgehead atoms. The van der Waals surface area contributed by atoms with E-state index in [4.69, 9.17) is 4.55 Å². The lowest BCUT2D eigenvalue weighted by atomic mass is 10.0. The summed E-state index contributed by atoms with van der Waals surface area (Å²) in [5.74, 6) is -6.51. The zero-order chi connectivity index (χ0) is 17.4. The van der Waals surface area contributed by atoms with Crippen molar-refractivity contribution in [3.63, 3.8) is 0 Å². The summed E-state index contributed by atoms with van der Waals surface area (Å²) in [4.78, 5) is -1.65. The molecule has 0 atom stereocenters. The third kappa shape index (κ3) is 3.35. The predicted octanol–water partition coefficient (Wildman–Crippen LogP) is 3.88. The SMILES string of the molecule is O=S(=O)(O)c1c(Cc2ccccc2)c(F)c(F)c(F)c1C(F)F. The second-order valence-electron chi connectivity index (χ2n) is 4.60. The molecule has 2 rings (SSSR count). The third-order valence-corrected chi connectivity index (χ3v) is 4.09. The molecule has 2 aromatic carbocycles. The van der Waals surface area contributed by atoms with Gasteiger partial charge in [-0.1, -0.05) is 30.3 Å². The molecular weight excluding hydrogens is 343 g/mol. The quantitative estimate of drug-likeness (QED) is 0.516. The first-order valence-electron chi connectivity index (χ1n) is 6.13. The summed E-state index contributed by atoms with van der Waals surface area (Å²) in [5, 5.41) is 0. The van der Waals surface area contributed by atoms with Crippen LogP contribution in [0.25, 0.3) is 0 Å². The van der Waals surface area contributed by atoms with Gasteiger partial charge < -0.3 is 0 Å². The first-order valence-corrected chi connectivity index (χ1v) is 7.57. The van der Waals surface area contributed by atoms with E-state index >= 15 is 0 Å². The molecule has 3 nitrogen and oxygen atoms in total. The molecule has 0 heterocycles. The lowest BCUT2D eigenvalue weighted by Gasteiger charge is -2.15. The minimum absolute atomic E-state index is 0.252. The van der Waals surface area contributed by atoms with E-state index in [-0.39, 0.29) is 5.56 Å². The fourth-order valence-electron chi connectivity index (χ4n) is 2.16.